The summed E-state index contributed by atoms with van der Waals surface area (Å²) >= 11 is 0. The van der Waals surface area contributed by atoms with Gasteiger partial charge in [-0.2, -0.15) is 0 Å². The molecule has 0 aliphatic heterocycles. The SMILES string of the molecule is CCOC(=O)c1c(C)[nH]c(C(=O)COC(=O)c2ccc[nH]c2=O)c1C. The molecule has 8 heteroatoms. The summed E-state index contributed by atoms with van der Waals surface area (Å²) in [5.74, 6) is -1.95. The number of esters is 2. The molecule has 25 heavy (non-hydrogen) atoms. The molecule has 0 atom stereocenters. The Bertz CT molecular complexity index is 878. The Balaban J connectivity index is 2.13. The van der Waals surface area contributed by atoms with Gasteiger partial charge in [-0.15, -0.1) is 0 Å². The van der Waals surface area contributed by atoms with Gasteiger partial charge in [-0.1, -0.05) is 0 Å². The number of hydrogen-bond acceptors (Lipinski definition) is 6. The predicted molar refractivity (Wildman–Crippen MR) is 87.9 cm³/mol. The first-order chi connectivity index (χ1) is 11.9. The van der Waals surface area contributed by atoms with E-state index in [0.717, 1.165) is 0 Å². The van der Waals surface area contributed by atoms with Crippen LogP contribution in [0.1, 0.15) is 49.4 Å². The normalized spacial score (nSPS) is 10.4. The van der Waals surface area contributed by atoms with Crippen LogP contribution < -0.4 is 5.56 Å². The first-order valence-electron chi connectivity index (χ1n) is 7.61. The smallest absolute Gasteiger partial charge is 0.344 e. The molecule has 8 nitrogen and oxygen atoms in total. The van der Waals surface area contributed by atoms with Crippen LogP contribution in [0.5, 0.6) is 0 Å². The molecule has 0 fully saturated rings. The zero-order valence-electron chi connectivity index (χ0n) is 14.1. The van der Waals surface area contributed by atoms with Crippen molar-refractivity contribution >= 4 is 17.7 Å². The molecule has 2 N–H and O–H groups in total. The number of H-pyrrole nitrogens is 2. The van der Waals surface area contributed by atoms with Crippen molar-refractivity contribution in [2.24, 2.45) is 0 Å². The summed E-state index contributed by atoms with van der Waals surface area (Å²) < 4.78 is 9.85. The fourth-order valence-electron chi connectivity index (χ4n) is 2.40. The number of aromatic nitrogens is 2. The van der Waals surface area contributed by atoms with Crippen molar-refractivity contribution in [1.29, 1.82) is 0 Å². The minimum absolute atomic E-state index is 0.162. The minimum Gasteiger partial charge on any atom is -0.462 e. The maximum atomic E-state index is 12.3. The molecule has 132 valence electrons. The fraction of sp³-hybridized carbons (Fsp3) is 0.294. The highest BCUT2D eigenvalue weighted by molar-refractivity contribution is 6.03. The number of carbonyl (C=O) groups is 3. The van der Waals surface area contributed by atoms with Gasteiger partial charge < -0.3 is 19.4 Å². The second kappa shape index (κ2) is 7.61. The van der Waals surface area contributed by atoms with Gasteiger partial charge in [0.25, 0.3) is 5.56 Å². The lowest BCUT2D eigenvalue weighted by atomic mass is 10.1. The van der Waals surface area contributed by atoms with Gasteiger partial charge in [0.1, 0.15) is 5.56 Å². The molecule has 0 unspecified atom stereocenters. The summed E-state index contributed by atoms with van der Waals surface area (Å²) in [5.41, 5.74) is 0.574. The van der Waals surface area contributed by atoms with Crippen LogP contribution in [0.3, 0.4) is 0 Å². The van der Waals surface area contributed by atoms with Gasteiger partial charge in [-0.25, -0.2) is 9.59 Å². The van der Waals surface area contributed by atoms with E-state index in [2.05, 4.69) is 9.97 Å². The Morgan fingerprint density at radius 1 is 1.12 bits per heavy atom. The number of aryl methyl sites for hydroxylation is 1. The summed E-state index contributed by atoms with van der Waals surface area (Å²) in [7, 11) is 0. The van der Waals surface area contributed by atoms with Gasteiger partial charge in [0.15, 0.2) is 6.61 Å². The molecule has 2 aromatic heterocycles. The van der Waals surface area contributed by atoms with Crippen LogP contribution in [0.25, 0.3) is 0 Å². The number of hydrogen-bond donors (Lipinski definition) is 2. The third kappa shape index (κ3) is 3.85. The van der Waals surface area contributed by atoms with Gasteiger partial charge in [0.05, 0.1) is 17.9 Å². The lowest BCUT2D eigenvalue weighted by molar-refractivity contribution is 0.0470. The quantitative estimate of drug-likeness (QED) is 0.605. The number of nitrogens with one attached hydrogen (secondary N) is 2. The molecule has 2 rings (SSSR count). The maximum absolute atomic E-state index is 12.3. The van der Waals surface area contributed by atoms with Crippen molar-refractivity contribution in [3.8, 4) is 0 Å². The van der Waals surface area contributed by atoms with Crippen molar-refractivity contribution < 1.29 is 23.9 Å². The van der Waals surface area contributed by atoms with Crippen molar-refractivity contribution in [2.45, 2.75) is 20.8 Å². The average molecular weight is 346 g/mol. The van der Waals surface area contributed by atoms with Crippen LogP contribution in [0.4, 0.5) is 0 Å². The number of carbonyl (C=O) groups excluding carboxylic acids is 3. The largest absolute Gasteiger partial charge is 0.462 e. The van der Waals surface area contributed by atoms with E-state index in [9.17, 15) is 19.2 Å². The highest BCUT2D eigenvalue weighted by Crippen LogP contribution is 2.19. The molecule has 0 aromatic carbocycles. The maximum Gasteiger partial charge on any atom is 0.344 e. The molecule has 0 radical (unpaired) electrons. The average Bonchev–Trinajstić information content (AvgIpc) is 2.87. The van der Waals surface area contributed by atoms with E-state index >= 15 is 0 Å². The zero-order valence-corrected chi connectivity index (χ0v) is 14.1. The summed E-state index contributed by atoms with van der Waals surface area (Å²) in [5, 5.41) is 0. The van der Waals surface area contributed by atoms with Crippen LogP contribution in [0, 0.1) is 13.8 Å². The summed E-state index contributed by atoms with van der Waals surface area (Å²) in [6.45, 7) is 4.59. The third-order valence-corrected chi connectivity index (χ3v) is 3.57. The second-order valence-corrected chi connectivity index (χ2v) is 5.26. The Labute approximate surface area is 143 Å². The highest BCUT2D eigenvalue weighted by atomic mass is 16.5. The van der Waals surface area contributed by atoms with E-state index in [4.69, 9.17) is 9.47 Å². The minimum atomic E-state index is -0.901. The first kappa shape index (κ1) is 18.2. The van der Waals surface area contributed by atoms with Crippen molar-refractivity contribution in [3.63, 3.8) is 0 Å². The number of ketones is 1. The van der Waals surface area contributed by atoms with E-state index in [1.807, 2.05) is 0 Å². The molecule has 0 aliphatic carbocycles. The molecule has 2 aromatic rings. The van der Waals surface area contributed by atoms with E-state index in [1.165, 1.54) is 18.3 Å². The number of rotatable bonds is 6. The molecule has 0 saturated heterocycles. The van der Waals surface area contributed by atoms with E-state index < -0.39 is 29.9 Å². The van der Waals surface area contributed by atoms with Crippen molar-refractivity contribution in [2.75, 3.05) is 13.2 Å². The fourth-order valence-corrected chi connectivity index (χ4v) is 2.40. The molecule has 0 saturated carbocycles. The van der Waals surface area contributed by atoms with Crippen molar-refractivity contribution in [3.05, 3.63) is 56.8 Å². The molecule has 2 heterocycles. The molecular formula is C17H18N2O6. The van der Waals surface area contributed by atoms with Gasteiger partial charge in [0, 0.05) is 11.9 Å². The van der Waals surface area contributed by atoms with Gasteiger partial charge in [0.2, 0.25) is 5.78 Å². The summed E-state index contributed by atoms with van der Waals surface area (Å²) in [6.07, 6.45) is 1.38. The van der Waals surface area contributed by atoms with Crippen LogP contribution in [0.2, 0.25) is 0 Å². The number of ether oxygens (including phenoxy) is 2. The molecule has 0 spiro atoms. The lowest BCUT2D eigenvalue weighted by Gasteiger charge is -2.04. The molecular weight excluding hydrogens is 328 g/mol. The Hall–Kier alpha value is -3.16. The van der Waals surface area contributed by atoms with E-state index in [1.54, 1.807) is 20.8 Å². The summed E-state index contributed by atoms with van der Waals surface area (Å²) in [4.78, 5) is 52.8. The lowest BCUT2D eigenvalue weighted by Crippen LogP contribution is -2.22. The number of Topliss-reactive ketones (excluding diaryl/α,β-unsaturated/α-hetero) is 1. The molecule has 0 aliphatic rings. The van der Waals surface area contributed by atoms with E-state index in [-0.39, 0.29) is 23.4 Å². The first-order valence-corrected chi connectivity index (χ1v) is 7.61. The van der Waals surface area contributed by atoms with Crippen LogP contribution in [-0.2, 0) is 9.47 Å². The van der Waals surface area contributed by atoms with Crippen LogP contribution in [0.15, 0.2) is 23.1 Å². The molecule has 0 amide bonds. The molecule has 0 bridgehead atoms. The standard InChI is InChI=1S/C17H18N2O6/c1-4-24-17(23)13-9(2)14(19-10(13)3)12(20)8-25-16(22)11-6-5-7-18-15(11)21/h5-7,19H,4,8H2,1-3H3,(H,18,21). The second-order valence-electron chi connectivity index (χ2n) is 5.26. The van der Waals surface area contributed by atoms with Gasteiger partial charge in [-0.3, -0.25) is 9.59 Å². The highest BCUT2D eigenvalue weighted by Gasteiger charge is 2.23. The monoisotopic (exact) mass is 346 g/mol. The van der Waals surface area contributed by atoms with Crippen LogP contribution >= 0.6 is 0 Å². The third-order valence-electron chi connectivity index (χ3n) is 3.57. The van der Waals surface area contributed by atoms with Crippen molar-refractivity contribution in [1.82, 2.24) is 9.97 Å². The number of pyridine rings is 1. The van der Waals surface area contributed by atoms with Gasteiger partial charge in [-0.05, 0) is 38.5 Å². The topological polar surface area (TPSA) is 118 Å². The van der Waals surface area contributed by atoms with E-state index in [0.29, 0.717) is 11.3 Å². The van der Waals surface area contributed by atoms with Gasteiger partial charge >= 0.3 is 11.9 Å². The Morgan fingerprint density at radius 2 is 1.84 bits per heavy atom. The predicted octanol–water partition coefficient (Wildman–Crippen LogP) is 1.54. The van der Waals surface area contributed by atoms with Crippen LogP contribution in [-0.4, -0.2) is 40.9 Å². The zero-order chi connectivity index (χ0) is 18.6. The Morgan fingerprint density at radius 3 is 2.48 bits per heavy atom. The Kier molecular flexibility index (Phi) is 5.53. The number of aromatic amines is 2. The summed E-state index contributed by atoms with van der Waals surface area (Å²) in [6, 6.07) is 2.78.